The summed E-state index contributed by atoms with van der Waals surface area (Å²) in [4.78, 5) is 27.8. The first-order valence-corrected chi connectivity index (χ1v) is 9.04. The number of aromatic carboxylic acids is 1. The van der Waals surface area contributed by atoms with Crippen molar-refractivity contribution in [3.63, 3.8) is 0 Å². The minimum Gasteiger partial charge on any atom is -0.478 e. The van der Waals surface area contributed by atoms with Crippen LogP contribution >= 0.6 is 23.2 Å². The third-order valence-corrected chi connectivity index (χ3v) is 5.15. The number of ether oxygens (including phenoxy) is 1. The van der Waals surface area contributed by atoms with Crippen LogP contribution in [0.1, 0.15) is 26.3 Å². The van der Waals surface area contributed by atoms with Gasteiger partial charge in [-0.1, -0.05) is 23.2 Å². The second-order valence-corrected chi connectivity index (χ2v) is 6.86. The number of esters is 1. The molecule has 4 rings (SSSR count). The van der Waals surface area contributed by atoms with Crippen LogP contribution in [0.5, 0.6) is 0 Å². The third kappa shape index (κ3) is 3.79. The molecule has 0 amide bonds. The van der Waals surface area contributed by atoms with E-state index in [1.54, 1.807) is 12.3 Å². The quantitative estimate of drug-likeness (QED) is 0.357. The van der Waals surface area contributed by atoms with Crippen molar-refractivity contribution in [3.8, 4) is 0 Å². The van der Waals surface area contributed by atoms with Gasteiger partial charge >= 0.3 is 11.9 Å². The van der Waals surface area contributed by atoms with Gasteiger partial charge in [0.25, 0.3) is 0 Å². The van der Waals surface area contributed by atoms with E-state index in [-0.39, 0.29) is 16.0 Å². The zero-order valence-electron chi connectivity index (χ0n) is 15.3. The maximum Gasteiger partial charge on any atom is 0.339 e. The molecule has 0 aliphatic rings. The van der Waals surface area contributed by atoms with E-state index in [1.807, 2.05) is 13.0 Å². The summed E-state index contributed by atoms with van der Waals surface area (Å²) in [5.74, 6) is -2.13. The lowest BCUT2D eigenvalue weighted by Crippen LogP contribution is -2.02. The maximum atomic E-state index is 13.1. The molecule has 0 saturated carbocycles. The van der Waals surface area contributed by atoms with Crippen LogP contribution in [0.4, 0.5) is 4.39 Å². The van der Waals surface area contributed by atoms with Crippen LogP contribution in [-0.4, -0.2) is 34.1 Å². The number of carboxylic acids is 1. The lowest BCUT2D eigenvalue weighted by Gasteiger charge is -2.05. The van der Waals surface area contributed by atoms with E-state index in [2.05, 4.69) is 14.7 Å². The Morgan fingerprint density at radius 1 is 1.10 bits per heavy atom. The van der Waals surface area contributed by atoms with Crippen molar-refractivity contribution >= 4 is 56.9 Å². The molecule has 3 N–H and O–H groups in total. The lowest BCUT2D eigenvalue weighted by molar-refractivity contribution is 0.0600. The zero-order chi connectivity index (χ0) is 21.3. The number of carbonyl (C=O) groups excluding carboxylic acids is 1. The Labute approximate surface area is 174 Å². The highest BCUT2D eigenvalue weighted by Gasteiger charge is 2.16. The van der Waals surface area contributed by atoms with Gasteiger partial charge in [-0.05, 0) is 36.8 Å². The van der Waals surface area contributed by atoms with Gasteiger partial charge in [-0.15, -0.1) is 0 Å². The van der Waals surface area contributed by atoms with Gasteiger partial charge in [0, 0.05) is 28.8 Å². The predicted molar refractivity (Wildman–Crippen MR) is 110 cm³/mol. The van der Waals surface area contributed by atoms with E-state index in [4.69, 9.17) is 28.3 Å². The molecule has 0 fully saturated rings. The molecule has 150 valence electrons. The minimum atomic E-state index is -1.17. The summed E-state index contributed by atoms with van der Waals surface area (Å²) in [5.41, 5.74) is 2.71. The van der Waals surface area contributed by atoms with Gasteiger partial charge in [0.05, 0.1) is 33.7 Å². The normalized spacial score (nSPS) is 10.7. The van der Waals surface area contributed by atoms with E-state index in [1.165, 1.54) is 19.2 Å². The predicted octanol–water partition coefficient (Wildman–Crippen LogP) is 5.57. The first-order valence-electron chi connectivity index (χ1n) is 8.29. The Bertz CT molecular complexity index is 1250. The number of carboxylic acid groups (broad SMARTS) is 1. The molecule has 0 spiro atoms. The lowest BCUT2D eigenvalue weighted by atomic mass is 10.1. The number of benzene rings is 2. The third-order valence-electron chi connectivity index (χ3n) is 4.35. The summed E-state index contributed by atoms with van der Waals surface area (Å²) < 4.78 is 17.8. The van der Waals surface area contributed by atoms with Crippen molar-refractivity contribution in [2.75, 3.05) is 7.11 Å². The molecule has 0 unspecified atom stereocenters. The molecule has 29 heavy (non-hydrogen) atoms. The Morgan fingerprint density at radius 2 is 1.83 bits per heavy atom. The number of methoxy groups -OCH3 is 1. The van der Waals surface area contributed by atoms with Crippen LogP contribution in [0.2, 0.25) is 10.0 Å². The topological polar surface area (TPSA) is 95.2 Å². The van der Waals surface area contributed by atoms with Crippen molar-refractivity contribution in [1.29, 1.82) is 0 Å². The average molecular weight is 437 g/mol. The largest absolute Gasteiger partial charge is 0.478 e. The molecule has 0 aliphatic carbocycles. The summed E-state index contributed by atoms with van der Waals surface area (Å²) in [5, 5.41) is 10.1. The molecule has 0 atom stereocenters. The number of aromatic nitrogens is 2. The van der Waals surface area contributed by atoms with Gasteiger partial charge in [0.2, 0.25) is 0 Å². The minimum absolute atomic E-state index is 0.0752. The van der Waals surface area contributed by atoms with E-state index < -0.39 is 17.8 Å². The van der Waals surface area contributed by atoms with Crippen molar-refractivity contribution < 1.29 is 23.8 Å². The van der Waals surface area contributed by atoms with Crippen molar-refractivity contribution in [2.45, 2.75) is 6.92 Å². The standard InChI is InChI=1S/C11H10ClNO2.C9H5ClFNO2/c1-6-5-8(11(14)15-2)9(12)7-3-4-13-10(6)7;10-8-4(9(13)14)1-2-6-7(8)5(11)3-12-6/h3-5,13H,1-2H3;1-3,12H,(H,13,14). The number of rotatable bonds is 2. The smallest absolute Gasteiger partial charge is 0.339 e. The van der Waals surface area contributed by atoms with Gasteiger partial charge in [-0.3, -0.25) is 0 Å². The molecule has 2 aromatic heterocycles. The first-order chi connectivity index (χ1) is 13.8. The molecule has 4 aromatic rings. The second kappa shape index (κ2) is 8.14. The SMILES string of the molecule is COC(=O)c1cc(C)c2[nH]ccc2c1Cl.O=C(O)c1ccc2[nH]cc(F)c2c1Cl. The fourth-order valence-corrected chi connectivity index (χ4v) is 3.57. The molecule has 0 saturated heterocycles. The van der Waals surface area contributed by atoms with Crippen LogP contribution in [0, 0.1) is 12.7 Å². The number of nitrogens with one attached hydrogen (secondary N) is 2. The van der Waals surface area contributed by atoms with Crippen molar-refractivity contribution in [1.82, 2.24) is 9.97 Å². The van der Waals surface area contributed by atoms with Gasteiger partial charge in [-0.2, -0.15) is 0 Å². The van der Waals surface area contributed by atoms with Crippen molar-refractivity contribution in [2.24, 2.45) is 0 Å². The van der Waals surface area contributed by atoms with Crippen LogP contribution < -0.4 is 0 Å². The van der Waals surface area contributed by atoms with E-state index in [0.29, 0.717) is 16.1 Å². The molecule has 2 heterocycles. The van der Waals surface area contributed by atoms with Crippen LogP contribution in [0.15, 0.2) is 36.7 Å². The number of H-pyrrole nitrogens is 2. The van der Waals surface area contributed by atoms with Crippen LogP contribution in [0.3, 0.4) is 0 Å². The summed E-state index contributed by atoms with van der Waals surface area (Å²) in [6, 6.07) is 6.39. The van der Waals surface area contributed by atoms with Crippen molar-refractivity contribution in [3.05, 3.63) is 69.2 Å². The summed E-state index contributed by atoms with van der Waals surface area (Å²) in [6.45, 7) is 1.92. The monoisotopic (exact) mass is 436 g/mol. The Hall–Kier alpha value is -3.03. The molecule has 0 bridgehead atoms. The van der Waals surface area contributed by atoms with Gasteiger partial charge in [0.1, 0.15) is 5.82 Å². The Morgan fingerprint density at radius 3 is 2.48 bits per heavy atom. The molecule has 9 heteroatoms. The number of fused-ring (bicyclic) bond motifs is 2. The van der Waals surface area contributed by atoms with Crippen LogP contribution in [0.25, 0.3) is 21.8 Å². The number of aromatic amines is 2. The average Bonchev–Trinajstić information content (AvgIpc) is 3.32. The molecule has 6 nitrogen and oxygen atoms in total. The number of carbonyl (C=O) groups is 2. The Kier molecular flexibility index (Phi) is 5.81. The second-order valence-electron chi connectivity index (χ2n) is 6.10. The Balaban J connectivity index is 0.000000166. The first kappa shape index (κ1) is 20.7. The molecule has 2 aromatic carbocycles. The zero-order valence-corrected chi connectivity index (χ0v) is 16.8. The summed E-state index contributed by atoms with van der Waals surface area (Å²) >= 11 is 11.9. The van der Waals surface area contributed by atoms with Gasteiger partial charge < -0.3 is 19.8 Å². The van der Waals surface area contributed by atoms with Crippen LogP contribution in [-0.2, 0) is 4.74 Å². The summed E-state index contributed by atoms with van der Waals surface area (Å²) in [7, 11) is 1.34. The number of hydrogen-bond acceptors (Lipinski definition) is 3. The van der Waals surface area contributed by atoms with Gasteiger partial charge in [-0.25, -0.2) is 14.0 Å². The van der Waals surface area contributed by atoms with E-state index >= 15 is 0 Å². The number of hydrogen-bond donors (Lipinski definition) is 3. The highest BCUT2D eigenvalue weighted by atomic mass is 35.5. The van der Waals surface area contributed by atoms with E-state index in [0.717, 1.165) is 22.7 Å². The summed E-state index contributed by atoms with van der Waals surface area (Å²) in [6.07, 6.45) is 2.94. The molecule has 0 radical (unpaired) electrons. The highest BCUT2D eigenvalue weighted by Crippen LogP contribution is 2.30. The molecular weight excluding hydrogens is 422 g/mol. The maximum absolute atomic E-state index is 13.1. The fraction of sp³-hybridized carbons (Fsp3) is 0.100. The van der Waals surface area contributed by atoms with E-state index in [9.17, 15) is 14.0 Å². The highest BCUT2D eigenvalue weighted by molar-refractivity contribution is 6.39. The molecular formula is C20H15Cl2FN2O4. The number of halogens is 3. The molecule has 0 aliphatic heterocycles. The van der Waals surface area contributed by atoms with Gasteiger partial charge in [0.15, 0.2) is 0 Å². The fourth-order valence-electron chi connectivity index (χ4n) is 2.94. The number of aryl methyl sites for hydroxylation is 1.